The molecule has 0 saturated carbocycles. The summed E-state index contributed by atoms with van der Waals surface area (Å²) in [7, 11) is 0. The van der Waals surface area contributed by atoms with Crippen LogP contribution in [0.5, 0.6) is 5.75 Å². The Morgan fingerprint density at radius 3 is 2.47 bits per heavy atom. The molecule has 0 spiro atoms. The molecule has 1 heterocycles. The van der Waals surface area contributed by atoms with Crippen LogP contribution in [0, 0.1) is 6.92 Å². The second-order valence-electron chi connectivity index (χ2n) is 4.21. The molecule has 90 valence electrons. The average Bonchev–Trinajstić information content (AvgIpc) is 2.48. The van der Waals surface area contributed by atoms with Crippen molar-refractivity contribution < 1.29 is 19.5 Å². The lowest BCUT2D eigenvalue weighted by atomic mass is 10.1. The van der Waals surface area contributed by atoms with Crippen LogP contribution in [-0.2, 0) is 4.84 Å². The summed E-state index contributed by atoms with van der Waals surface area (Å²) in [5.74, 6) is -1.30. The van der Waals surface area contributed by atoms with E-state index >= 15 is 0 Å². The van der Waals surface area contributed by atoms with Crippen molar-refractivity contribution in [3.8, 4) is 5.75 Å². The molecule has 5 heteroatoms. The molecule has 2 amide bonds. The predicted octanol–water partition coefficient (Wildman–Crippen LogP) is 1.64. The summed E-state index contributed by atoms with van der Waals surface area (Å²) in [5.41, 5.74) is 0.755. The van der Waals surface area contributed by atoms with Gasteiger partial charge in [-0.15, -0.1) is 5.06 Å². The number of benzene rings is 1. The van der Waals surface area contributed by atoms with Gasteiger partial charge in [0.2, 0.25) is 0 Å². The lowest BCUT2D eigenvalue weighted by molar-refractivity contribution is -0.120. The molecule has 1 aromatic rings. The van der Waals surface area contributed by atoms with Crippen LogP contribution in [0.3, 0.4) is 0 Å². The Labute approximate surface area is 98.6 Å². The number of rotatable bonds is 2. The average molecular weight is 235 g/mol. The zero-order chi connectivity index (χ0) is 12.7. The minimum absolute atomic E-state index is 0.0238. The molecular formula is C12H13NO4. The maximum absolute atomic E-state index is 11.9. The van der Waals surface area contributed by atoms with E-state index in [9.17, 15) is 14.7 Å². The van der Waals surface area contributed by atoms with Crippen molar-refractivity contribution in [3.63, 3.8) is 0 Å². The van der Waals surface area contributed by atoms with Gasteiger partial charge in [0.25, 0.3) is 11.8 Å². The van der Waals surface area contributed by atoms with Crippen LogP contribution in [0.4, 0.5) is 0 Å². The second-order valence-corrected chi connectivity index (χ2v) is 4.21. The lowest BCUT2D eigenvalue weighted by Gasteiger charge is -2.15. The number of fused-ring (bicyclic) bond motifs is 1. The number of phenols is 1. The Morgan fingerprint density at radius 2 is 1.88 bits per heavy atom. The first-order valence-corrected chi connectivity index (χ1v) is 5.31. The van der Waals surface area contributed by atoms with Gasteiger partial charge in [-0.05, 0) is 32.4 Å². The highest BCUT2D eigenvalue weighted by molar-refractivity contribution is 6.21. The number of hydrogen-bond donors (Lipinski definition) is 1. The fourth-order valence-electron chi connectivity index (χ4n) is 1.70. The maximum Gasteiger partial charge on any atom is 0.289 e. The van der Waals surface area contributed by atoms with Crippen molar-refractivity contribution >= 4 is 11.8 Å². The topological polar surface area (TPSA) is 66.8 Å². The number of phenolic OH excluding ortho intramolecular Hbond substituents is 1. The lowest BCUT2D eigenvalue weighted by Crippen LogP contribution is -2.32. The third kappa shape index (κ3) is 1.68. The summed E-state index contributed by atoms with van der Waals surface area (Å²) in [4.78, 5) is 28.9. The van der Waals surface area contributed by atoms with E-state index in [1.54, 1.807) is 26.8 Å². The van der Waals surface area contributed by atoms with E-state index in [4.69, 9.17) is 4.84 Å². The summed E-state index contributed by atoms with van der Waals surface area (Å²) >= 11 is 0. The highest BCUT2D eigenvalue weighted by Crippen LogP contribution is 2.33. The molecule has 0 radical (unpaired) electrons. The third-order valence-electron chi connectivity index (χ3n) is 2.51. The minimum atomic E-state index is -0.611. The Bertz CT molecular complexity index is 507. The van der Waals surface area contributed by atoms with E-state index in [1.165, 1.54) is 6.07 Å². The Kier molecular flexibility index (Phi) is 2.63. The van der Waals surface area contributed by atoms with Crippen molar-refractivity contribution in [1.82, 2.24) is 5.06 Å². The second kappa shape index (κ2) is 3.85. The van der Waals surface area contributed by atoms with Gasteiger partial charge in [0.1, 0.15) is 5.75 Å². The Balaban J connectivity index is 2.50. The molecule has 0 atom stereocenters. The SMILES string of the molecule is Cc1ccc2c(c1O)C(=O)N(OC(C)C)C2=O. The number of hydrogen-bond acceptors (Lipinski definition) is 4. The number of aromatic hydroxyl groups is 1. The van der Waals surface area contributed by atoms with Crippen LogP contribution < -0.4 is 0 Å². The molecule has 17 heavy (non-hydrogen) atoms. The van der Waals surface area contributed by atoms with Gasteiger partial charge in [0.15, 0.2) is 0 Å². The molecule has 1 aliphatic heterocycles. The Hall–Kier alpha value is -1.88. The van der Waals surface area contributed by atoms with Gasteiger partial charge in [-0.3, -0.25) is 14.4 Å². The third-order valence-corrected chi connectivity index (χ3v) is 2.51. The molecule has 1 N–H and O–H groups in total. The van der Waals surface area contributed by atoms with Crippen molar-refractivity contribution in [3.05, 3.63) is 28.8 Å². The molecule has 5 nitrogen and oxygen atoms in total. The van der Waals surface area contributed by atoms with E-state index in [0.717, 1.165) is 0 Å². The molecule has 0 saturated heterocycles. The normalized spacial score (nSPS) is 14.7. The first-order valence-electron chi connectivity index (χ1n) is 5.31. The summed E-state index contributed by atoms with van der Waals surface area (Å²) in [5, 5.41) is 10.5. The van der Waals surface area contributed by atoms with E-state index in [0.29, 0.717) is 10.6 Å². The molecule has 1 aliphatic rings. The number of carbonyl (C=O) groups is 2. The number of nitrogens with zero attached hydrogens (tertiary/aromatic N) is 1. The van der Waals surface area contributed by atoms with Gasteiger partial charge in [-0.2, -0.15) is 0 Å². The van der Waals surface area contributed by atoms with Crippen LogP contribution in [0.25, 0.3) is 0 Å². The van der Waals surface area contributed by atoms with Gasteiger partial charge in [0.05, 0.1) is 17.2 Å². The molecule has 0 aliphatic carbocycles. The molecule has 0 bridgehead atoms. The standard InChI is InChI=1S/C12H13NO4/c1-6(2)17-13-11(15)8-5-4-7(3)10(14)9(8)12(13)16/h4-6,14H,1-3H3. The van der Waals surface area contributed by atoms with E-state index in [2.05, 4.69) is 0 Å². The van der Waals surface area contributed by atoms with Crippen LogP contribution in [0.15, 0.2) is 12.1 Å². The van der Waals surface area contributed by atoms with E-state index < -0.39 is 11.8 Å². The molecule has 0 unspecified atom stereocenters. The van der Waals surface area contributed by atoms with Gasteiger partial charge in [-0.1, -0.05) is 6.07 Å². The largest absolute Gasteiger partial charge is 0.507 e. The summed E-state index contributed by atoms with van der Waals surface area (Å²) in [6, 6.07) is 3.12. The zero-order valence-electron chi connectivity index (χ0n) is 9.85. The quantitative estimate of drug-likeness (QED) is 0.791. The smallest absolute Gasteiger partial charge is 0.289 e. The highest BCUT2D eigenvalue weighted by Gasteiger charge is 2.40. The van der Waals surface area contributed by atoms with Gasteiger partial charge < -0.3 is 5.11 Å². The first kappa shape index (κ1) is 11.6. The zero-order valence-corrected chi connectivity index (χ0v) is 9.85. The van der Waals surface area contributed by atoms with E-state index in [-0.39, 0.29) is 23.0 Å². The van der Waals surface area contributed by atoms with Crippen molar-refractivity contribution in [1.29, 1.82) is 0 Å². The van der Waals surface area contributed by atoms with Crippen LogP contribution in [0.2, 0.25) is 0 Å². The molecule has 1 aromatic carbocycles. The molecule has 2 rings (SSSR count). The highest BCUT2D eigenvalue weighted by atomic mass is 16.7. The van der Waals surface area contributed by atoms with Crippen LogP contribution >= 0.6 is 0 Å². The van der Waals surface area contributed by atoms with Gasteiger partial charge >= 0.3 is 0 Å². The molecule has 0 aromatic heterocycles. The van der Waals surface area contributed by atoms with Crippen LogP contribution in [-0.4, -0.2) is 28.1 Å². The first-order chi connectivity index (χ1) is 7.93. The number of amides is 2. The van der Waals surface area contributed by atoms with E-state index in [1.807, 2.05) is 0 Å². The Morgan fingerprint density at radius 1 is 1.24 bits per heavy atom. The fraction of sp³-hybridized carbons (Fsp3) is 0.333. The summed E-state index contributed by atoms with van der Waals surface area (Å²) in [6.45, 7) is 5.10. The van der Waals surface area contributed by atoms with Crippen molar-refractivity contribution in [2.45, 2.75) is 26.9 Å². The minimum Gasteiger partial charge on any atom is -0.507 e. The monoisotopic (exact) mass is 235 g/mol. The predicted molar refractivity (Wildman–Crippen MR) is 59.6 cm³/mol. The molecule has 0 fully saturated rings. The summed E-state index contributed by atoms with van der Waals surface area (Å²) in [6.07, 6.45) is -0.291. The summed E-state index contributed by atoms with van der Waals surface area (Å²) < 4.78 is 0. The van der Waals surface area contributed by atoms with Gasteiger partial charge in [-0.25, -0.2) is 0 Å². The number of carbonyl (C=O) groups excluding carboxylic acids is 2. The number of imide groups is 1. The number of aryl methyl sites for hydroxylation is 1. The van der Waals surface area contributed by atoms with Crippen LogP contribution in [0.1, 0.15) is 40.1 Å². The van der Waals surface area contributed by atoms with Crippen molar-refractivity contribution in [2.24, 2.45) is 0 Å². The maximum atomic E-state index is 11.9. The van der Waals surface area contributed by atoms with Crippen molar-refractivity contribution in [2.75, 3.05) is 0 Å². The van der Waals surface area contributed by atoms with Gasteiger partial charge in [0, 0.05) is 0 Å². The number of hydroxylamine groups is 2. The fourth-order valence-corrected chi connectivity index (χ4v) is 1.70. The molecular weight excluding hydrogens is 222 g/mol.